The summed E-state index contributed by atoms with van der Waals surface area (Å²) < 4.78 is 11.4. The zero-order valence-corrected chi connectivity index (χ0v) is 16.1. The molecule has 4 nitrogen and oxygen atoms in total. The molecular weight excluding hydrogens is 336 g/mol. The van der Waals surface area contributed by atoms with E-state index in [-0.39, 0.29) is 6.04 Å². The molecule has 0 saturated carbocycles. The fourth-order valence-electron chi connectivity index (χ4n) is 3.03. The summed E-state index contributed by atoms with van der Waals surface area (Å²) in [5, 5.41) is 3.58. The van der Waals surface area contributed by atoms with Crippen LogP contribution in [-0.2, 0) is 13.2 Å². The highest BCUT2D eigenvalue weighted by molar-refractivity contribution is 5.43. The van der Waals surface area contributed by atoms with Gasteiger partial charge in [0, 0.05) is 25.0 Å². The van der Waals surface area contributed by atoms with E-state index in [9.17, 15) is 0 Å². The lowest BCUT2D eigenvalue weighted by Gasteiger charge is -2.17. The summed E-state index contributed by atoms with van der Waals surface area (Å²) >= 11 is 0. The molecule has 0 fully saturated rings. The molecule has 1 unspecified atom stereocenters. The third kappa shape index (κ3) is 5.08. The molecule has 27 heavy (non-hydrogen) atoms. The van der Waals surface area contributed by atoms with Gasteiger partial charge in [0.25, 0.3) is 0 Å². The van der Waals surface area contributed by atoms with Crippen molar-refractivity contribution in [2.75, 3.05) is 7.11 Å². The van der Waals surface area contributed by atoms with Crippen LogP contribution < -0.4 is 14.8 Å². The van der Waals surface area contributed by atoms with Gasteiger partial charge in [0.05, 0.1) is 7.11 Å². The van der Waals surface area contributed by atoms with E-state index in [1.807, 2.05) is 24.3 Å². The summed E-state index contributed by atoms with van der Waals surface area (Å²) in [6, 6.07) is 18.7. The SMILES string of the molecule is COc1cc(CNC(C)c2ccccc2C)ccc1OCc1ccncc1. The molecule has 0 aliphatic heterocycles. The fraction of sp³-hybridized carbons (Fsp3) is 0.261. The fourth-order valence-corrected chi connectivity index (χ4v) is 3.03. The maximum Gasteiger partial charge on any atom is 0.161 e. The second-order valence-electron chi connectivity index (χ2n) is 6.59. The van der Waals surface area contributed by atoms with Crippen molar-refractivity contribution < 1.29 is 9.47 Å². The Morgan fingerprint density at radius 3 is 2.48 bits per heavy atom. The minimum atomic E-state index is 0.278. The molecule has 4 heteroatoms. The van der Waals surface area contributed by atoms with Crippen LogP contribution in [0.25, 0.3) is 0 Å². The van der Waals surface area contributed by atoms with Crippen molar-refractivity contribution >= 4 is 0 Å². The minimum Gasteiger partial charge on any atom is -0.493 e. The average Bonchev–Trinajstić information content (AvgIpc) is 2.71. The highest BCUT2D eigenvalue weighted by atomic mass is 16.5. The Bertz CT molecular complexity index is 865. The van der Waals surface area contributed by atoms with Crippen molar-refractivity contribution in [1.29, 1.82) is 0 Å². The quantitative estimate of drug-likeness (QED) is 0.623. The number of nitrogens with one attached hydrogen (secondary N) is 1. The van der Waals surface area contributed by atoms with Gasteiger partial charge in [0.2, 0.25) is 0 Å². The molecule has 0 aliphatic carbocycles. The van der Waals surface area contributed by atoms with E-state index in [4.69, 9.17) is 9.47 Å². The van der Waals surface area contributed by atoms with Gasteiger partial charge < -0.3 is 14.8 Å². The number of hydrogen-bond acceptors (Lipinski definition) is 4. The molecule has 1 heterocycles. The highest BCUT2D eigenvalue weighted by Gasteiger charge is 2.10. The van der Waals surface area contributed by atoms with E-state index in [1.165, 1.54) is 11.1 Å². The van der Waals surface area contributed by atoms with Crippen LogP contribution in [-0.4, -0.2) is 12.1 Å². The Hall–Kier alpha value is -2.85. The van der Waals surface area contributed by atoms with Gasteiger partial charge in [-0.3, -0.25) is 4.98 Å². The summed E-state index contributed by atoms with van der Waals surface area (Å²) in [5.74, 6) is 1.48. The number of pyridine rings is 1. The normalized spacial score (nSPS) is 11.8. The van der Waals surface area contributed by atoms with Crippen molar-refractivity contribution in [1.82, 2.24) is 10.3 Å². The predicted molar refractivity (Wildman–Crippen MR) is 108 cm³/mol. The molecule has 1 N–H and O–H groups in total. The van der Waals surface area contributed by atoms with E-state index in [0.29, 0.717) is 6.61 Å². The summed E-state index contributed by atoms with van der Waals surface area (Å²) in [5.41, 5.74) is 4.85. The van der Waals surface area contributed by atoms with E-state index in [2.05, 4.69) is 54.5 Å². The van der Waals surface area contributed by atoms with E-state index in [1.54, 1.807) is 19.5 Å². The average molecular weight is 362 g/mol. The Kier molecular flexibility index (Phi) is 6.44. The lowest BCUT2D eigenvalue weighted by molar-refractivity contribution is 0.284. The summed E-state index contributed by atoms with van der Waals surface area (Å²) in [7, 11) is 1.67. The number of aromatic nitrogens is 1. The van der Waals surface area contributed by atoms with Crippen LogP contribution in [0.15, 0.2) is 67.0 Å². The maximum absolute atomic E-state index is 5.91. The van der Waals surface area contributed by atoms with Crippen LogP contribution in [0.4, 0.5) is 0 Å². The molecule has 3 rings (SSSR count). The minimum absolute atomic E-state index is 0.278. The van der Waals surface area contributed by atoms with Crippen LogP contribution >= 0.6 is 0 Å². The van der Waals surface area contributed by atoms with Crippen LogP contribution in [0.2, 0.25) is 0 Å². The van der Waals surface area contributed by atoms with E-state index in [0.717, 1.165) is 29.2 Å². The number of ether oxygens (including phenoxy) is 2. The number of rotatable bonds is 8. The van der Waals surface area contributed by atoms with Crippen molar-refractivity contribution in [3.05, 3.63) is 89.2 Å². The molecular formula is C23H26N2O2. The molecule has 140 valence electrons. The highest BCUT2D eigenvalue weighted by Crippen LogP contribution is 2.29. The number of methoxy groups -OCH3 is 1. The Morgan fingerprint density at radius 2 is 1.74 bits per heavy atom. The molecule has 1 aromatic heterocycles. The summed E-state index contributed by atoms with van der Waals surface area (Å²) in [4.78, 5) is 4.02. The number of aryl methyl sites for hydroxylation is 1. The van der Waals surface area contributed by atoms with Crippen molar-refractivity contribution in [2.24, 2.45) is 0 Å². The molecule has 0 aliphatic rings. The van der Waals surface area contributed by atoms with Crippen LogP contribution in [0.3, 0.4) is 0 Å². The van der Waals surface area contributed by atoms with Gasteiger partial charge in [-0.1, -0.05) is 30.3 Å². The number of nitrogens with zero attached hydrogens (tertiary/aromatic N) is 1. The third-order valence-electron chi connectivity index (χ3n) is 4.64. The number of benzene rings is 2. The largest absolute Gasteiger partial charge is 0.493 e. The van der Waals surface area contributed by atoms with Crippen molar-refractivity contribution in [2.45, 2.75) is 33.0 Å². The second-order valence-corrected chi connectivity index (χ2v) is 6.59. The van der Waals surface area contributed by atoms with Gasteiger partial charge in [0.15, 0.2) is 11.5 Å². The Morgan fingerprint density at radius 1 is 0.963 bits per heavy atom. The standard InChI is InChI=1S/C23H26N2O2/c1-17-6-4-5-7-21(17)18(2)25-15-20-8-9-22(23(14-20)26-3)27-16-19-10-12-24-13-11-19/h4-14,18,25H,15-16H2,1-3H3. The monoisotopic (exact) mass is 362 g/mol. The zero-order chi connectivity index (χ0) is 19.1. The topological polar surface area (TPSA) is 43.4 Å². The molecule has 0 spiro atoms. The van der Waals surface area contributed by atoms with Gasteiger partial charge in [0.1, 0.15) is 6.61 Å². The van der Waals surface area contributed by atoms with Gasteiger partial charge >= 0.3 is 0 Å². The molecule has 0 radical (unpaired) electrons. The van der Waals surface area contributed by atoms with Crippen molar-refractivity contribution in [3.63, 3.8) is 0 Å². The molecule has 0 amide bonds. The first-order valence-corrected chi connectivity index (χ1v) is 9.15. The van der Waals surface area contributed by atoms with E-state index >= 15 is 0 Å². The lowest BCUT2D eigenvalue weighted by atomic mass is 10.0. The van der Waals surface area contributed by atoms with Gasteiger partial charge in [-0.25, -0.2) is 0 Å². The van der Waals surface area contributed by atoms with Crippen molar-refractivity contribution in [3.8, 4) is 11.5 Å². The third-order valence-corrected chi connectivity index (χ3v) is 4.64. The summed E-state index contributed by atoms with van der Waals surface area (Å²) in [6.45, 7) is 5.58. The first kappa shape index (κ1) is 18.9. The maximum atomic E-state index is 5.91. The first-order chi connectivity index (χ1) is 13.2. The first-order valence-electron chi connectivity index (χ1n) is 9.15. The second kappa shape index (κ2) is 9.19. The number of hydrogen-bond donors (Lipinski definition) is 1. The van der Waals surface area contributed by atoms with Crippen LogP contribution in [0.1, 0.15) is 35.2 Å². The predicted octanol–water partition coefficient (Wildman–Crippen LogP) is 4.83. The van der Waals surface area contributed by atoms with Gasteiger partial charge in [-0.05, 0) is 60.4 Å². The molecule has 0 bridgehead atoms. The molecule has 3 aromatic rings. The Balaban J connectivity index is 1.62. The smallest absolute Gasteiger partial charge is 0.161 e. The van der Waals surface area contributed by atoms with E-state index < -0.39 is 0 Å². The summed E-state index contributed by atoms with van der Waals surface area (Å²) in [6.07, 6.45) is 3.53. The Labute approximate surface area is 161 Å². The lowest BCUT2D eigenvalue weighted by Crippen LogP contribution is -2.18. The molecule has 1 atom stereocenters. The van der Waals surface area contributed by atoms with Crippen LogP contribution in [0, 0.1) is 6.92 Å². The van der Waals surface area contributed by atoms with Gasteiger partial charge in [-0.2, -0.15) is 0 Å². The molecule has 2 aromatic carbocycles. The zero-order valence-electron chi connectivity index (χ0n) is 16.1. The van der Waals surface area contributed by atoms with Crippen LogP contribution in [0.5, 0.6) is 11.5 Å². The van der Waals surface area contributed by atoms with Gasteiger partial charge in [-0.15, -0.1) is 0 Å². The molecule has 0 saturated heterocycles.